The number of carbonyl (C=O) groups excluding carboxylic acids is 1. The third-order valence-corrected chi connectivity index (χ3v) is 2.57. The van der Waals surface area contributed by atoms with Crippen molar-refractivity contribution in [3.8, 4) is 0 Å². The van der Waals surface area contributed by atoms with E-state index in [1.165, 1.54) is 0 Å². The number of hydrogen-bond acceptors (Lipinski definition) is 4. The Kier molecular flexibility index (Phi) is 8.22. The molecule has 20 heavy (non-hydrogen) atoms. The van der Waals surface area contributed by atoms with Gasteiger partial charge in [-0.2, -0.15) is 0 Å². The molecule has 1 amide bonds. The minimum Gasteiger partial charge on any atom is -0.480 e. The van der Waals surface area contributed by atoms with Crippen LogP contribution in [0.15, 0.2) is 0 Å². The lowest BCUT2D eigenvalue weighted by Gasteiger charge is -2.20. The van der Waals surface area contributed by atoms with Gasteiger partial charge in [-0.15, -0.1) is 0 Å². The van der Waals surface area contributed by atoms with Gasteiger partial charge in [-0.1, -0.05) is 13.8 Å². The Morgan fingerprint density at radius 3 is 2.15 bits per heavy atom. The SMILES string of the molecule is CC(C)[C@H](NCCCCNC(=O)OC(C)(C)C)C(=O)O. The molecule has 0 spiro atoms. The van der Waals surface area contributed by atoms with Crippen LogP contribution in [0.2, 0.25) is 0 Å². The molecule has 6 nitrogen and oxygen atoms in total. The van der Waals surface area contributed by atoms with Crippen LogP contribution in [-0.2, 0) is 9.53 Å². The Morgan fingerprint density at radius 2 is 1.70 bits per heavy atom. The molecule has 0 aliphatic rings. The zero-order valence-corrected chi connectivity index (χ0v) is 13.2. The molecule has 0 aliphatic heterocycles. The predicted octanol–water partition coefficient (Wildman–Crippen LogP) is 1.99. The molecule has 0 unspecified atom stereocenters. The molecule has 3 N–H and O–H groups in total. The number of carboxylic acids is 1. The zero-order valence-electron chi connectivity index (χ0n) is 13.2. The Hall–Kier alpha value is -1.30. The average Bonchev–Trinajstić information content (AvgIpc) is 2.24. The summed E-state index contributed by atoms with van der Waals surface area (Å²) in [7, 11) is 0. The first-order valence-corrected chi connectivity index (χ1v) is 7.06. The fourth-order valence-corrected chi connectivity index (χ4v) is 1.62. The van der Waals surface area contributed by atoms with Crippen molar-refractivity contribution in [2.45, 2.75) is 59.1 Å². The number of amides is 1. The van der Waals surface area contributed by atoms with Crippen molar-refractivity contribution in [2.75, 3.05) is 13.1 Å². The Morgan fingerprint density at radius 1 is 1.15 bits per heavy atom. The molecule has 0 aromatic heterocycles. The largest absolute Gasteiger partial charge is 0.480 e. The minimum absolute atomic E-state index is 0.0485. The third-order valence-electron chi connectivity index (χ3n) is 2.57. The first kappa shape index (κ1) is 18.7. The highest BCUT2D eigenvalue weighted by Gasteiger charge is 2.20. The van der Waals surface area contributed by atoms with Crippen molar-refractivity contribution in [3.05, 3.63) is 0 Å². The van der Waals surface area contributed by atoms with Crippen molar-refractivity contribution in [3.63, 3.8) is 0 Å². The van der Waals surface area contributed by atoms with Crippen LogP contribution in [0.3, 0.4) is 0 Å². The van der Waals surface area contributed by atoms with Crippen LogP contribution in [0.1, 0.15) is 47.5 Å². The van der Waals surface area contributed by atoms with E-state index in [-0.39, 0.29) is 5.92 Å². The van der Waals surface area contributed by atoms with Gasteiger partial charge in [0.1, 0.15) is 11.6 Å². The third kappa shape index (κ3) is 9.61. The second kappa shape index (κ2) is 8.79. The lowest BCUT2D eigenvalue weighted by atomic mass is 10.0. The van der Waals surface area contributed by atoms with E-state index in [1.807, 2.05) is 34.6 Å². The molecule has 0 bridgehead atoms. The second-order valence-corrected chi connectivity index (χ2v) is 6.15. The molecule has 0 radical (unpaired) electrons. The number of ether oxygens (including phenoxy) is 1. The van der Waals surface area contributed by atoms with Crippen LogP contribution in [0, 0.1) is 5.92 Å². The standard InChI is InChI=1S/C14H28N2O4/c1-10(2)11(12(17)18)15-8-6-7-9-16-13(19)20-14(3,4)5/h10-11,15H,6-9H2,1-5H3,(H,16,19)(H,17,18)/t11-/m0/s1. The monoisotopic (exact) mass is 288 g/mol. The van der Waals surface area contributed by atoms with Gasteiger partial charge in [0.2, 0.25) is 0 Å². The number of rotatable bonds is 8. The van der Waals surface area contributed by atoms with Gasteiger partial charge in [0.05, 0.1) is 0 Å². The highest BCUT2D eigenvalue weighted by atomic mass is 16.6. The quantitative estimate of drug-likeness (QED) is 0.594. The van der Waals surface area contributed by atoms with Gasteiger partial charge in [-0.25, -0.2) is 4.79 Å². The van der Waals surface area contributed by atoms with Crippen LogP contribution in [0.25, 0.3) is 0 Å². The van der Waals surface area contributed by atoms with Gasteiger partial charge in [0.25, 0.3) is 0 Å². The lowest BCUT2D eigenvalue weighted by molar-refractivity contribution is -0.140. The van der Waals surface area contributed by atoms with Gasteiger partial charge in [0, 0.05) is 6.54 Å². The minimum atomic E-state index is -0.827. The van der Waals surface area contributed by atoms with E-state index in [9.17, 15) is 9.59 Å². The smallest absolute Gasteiger partial charge is 0.407 e. The van der Waals surface area contributed by atoms with Crippen LogP contribution < -0.4 is 10.6 Å². The Bertz CT molecular complexity index is 311. The van der Waals surface area contributed by atoms with Gasteiger partial charge >= 0.3 is 12.1 Å². The first-order chi connectivity index (χ1) is 9.13. The second-order valence-electron chi connectivity index (χ2n) is 6.15. The summed E-state index contributed by atoms with van der Waals surface area (Å²) in [6, 6.07) is -0.520. The van der Waals surface area contributed by atoms with Gasteiger partial charge in [0.15, 0.2) is 0 Å². The van der Waals surface area contributed by atoms with E-state index in [0.29, 0.717) is 13.1 Å². The molecule has 0 heterocycles. The van der Waals surface area contributed by atoms with Crippen molar-refractivity contribution in [1.82, 2.24) is 10.6 Å². The summed E-state index contributed by atoms with van der Waals surface area (Å²) >= 11 is 0. The van der Waals surface area contributed by atoms with Gasteiger partial charge in [-0.3, -0.25) is 4.79 Å². The molecule has 0 saturated heterocycles. The zero-order chi connectivity index (χ0) is 15.8. The van der Waals surface area contributed by atoms with Crippen LogP contribution >= 0.6 is 0 Å². The summed E-state index contributed by atoms with van der Waals surface area (Å²) in [6.45, 7) is 10.3. The van der Waals surface area contributed by atoms with Gasteiger partial charge in [-0.05, 0) is 46.1 Å². The fourth-order valence-electron chi connectivity index (χ4n) is 1.62. The maximum atomic E-state index is 11.4. The van der Waals surface area contributed by atoms with Crippen LogP contribution in [0.4, 0.5) is 4.79 Å². The summed E-state index contributed by atoms with van der Waals surface area (Å²) < 4.78 is 5.10. The number of aliphatic carboxylic acids is 1. The summed E-state index contributed by atoms with van der Waals surface area (Å²) in [4.78, 5) is 22.3. The molecule has 0 aromatic rings. The molecule has 0 aliphatic carbocycles. The maximum Gasteiger partial charge on any atom is 0.407 e. The Labute approximate surface area is 121 Å². The van der Waals surface area contributed by atoms with Crippen LogP contribution in [-0.4, -0.2) is 41.9 Å². The van der Waals surface area contributed by atoms with Crippen molar-refractivity contribution >= 4 is 12.1 Å². The van der Waals surface area contributed by atoms with Gasteiger partial charge < -0.3 is 20.5 Å². The van der Waals surface area contributed by atoms with Crippen LogP contribution in [0.5, 0.6) is 0 Å². The highest BCUT2D eigenvalue weighted by Crippen LogP contribution is 2.06. The Balaban J connectivity index is 3.67. The summed E-state index contributed by atoms with van der Waals surface area (Å²) in [5.74, 6) is -0.778. The lowest BCUT2D eigenvalue weighted by Crippen LogP contribution is -2.41. The topological polar surface area (TPSA) is 87.7 Å². The molecule has 0 saturated carbocycles. The summed E-state index contributed by atoms with van der Waals surface area (Å²) in [6.07, 6.45) is 1.15. The first-order valence-electron chi connectivity index (χ1n) is 7.06. The van der Waals surface area contributed by atoms with E-state index in [2.05, 4.69) is 10.6 Å². The van der Waals surface area contributed by atoms with E-state index in [4.69, 9.17) is 9.84 Å². The molecule has 1 atom stereocenters. The van der Waals surface area contributed by atoms with E-state index < -0.39 is 23.7 Å². The molecular formula is C14H28N2O4. The van der Waals surface area contributed by atoms with Crippen molar-refractivity contribution in [1.29, 1.82) is 0 Å². The van der Waals surface area contributed by atoms with Crippen molar-refractivity contribution in [2.24, 2.45) is 5.92 Å². The summed E-state index contributed by atoms with van der Waals surface area (Å²) in [5, 5.41) is 14.7. The molecule has 0 fully saturated rings. The molecule has 118 valence electrons. The number of nitrogens with one attached hydrogen (secondary N) is 2. The molecule has 0 aromatic carbocycles. The highest BCUT2D eigenvalue weighted by molar-refractivity contribution is 5.73. The van der Waals surface area contributed by atoms with E-state index >= 15 is 0 Å². The van der Waals surface area contributed by atoms with E-state index in [0.717, 1.165) is 12.8 Å². The predicted molar refractivity (Wildman–Crippen MR) is 77.7 cm³/mol. The maximum absolute atomic E-state index is 11.4. The fraction of sp³-hybridized carbons (Fsp3) is 0.857. The molecular weight excluding hydrogens is 260 g/mol. The average molecular weight is 288 g/mol. The molecule has 6 heteroatoms. The molecule has 0 rings (SSSR count). The van der Waals surface area contributed by atoms with E-state index in [1.54, 1.807) is 0 Å². The number of unbranched alkanes of at least 4 members (excludes halogenated alkanes) is 1. The number of hydrogen-bond donors (Lipinski definition) is 3. The normalized spacial score (nSPS) is 13.1. The number of alkyl carbamates (subject to hydrolysis) is 1. The summed E-state index contributed by atoms with van der Waals surface area (Å²) in [5.41, 5.74) is -0.488. The van der Waals surface area contributed by atoms with Crippen molar-refractivity contribution < 1.29 is 19.4 Å². The number of carboxylic acid groups (broad SMARTS) is 1. The number of carbonyl (C=O) groups is 2.